The summed E-state index contributed by atoms with van der Waals surface area (Å²) < 4.78 is 5.08. The first-order chi connectivity index (χ1) is 13.0. The van der Waals surface area contributed by atoms with Gasteiger partial charge in [0.25, 0.3) is 5.91 Å². The molecular formula is C21H23N3O3. The lowest BCUT2D eigenvalue weighted by atomic mass is 10.1. The standard InChI is InChI=1S/C21H23N3O3/c1-24(2)17-9-7-15(8-10-17)21(26)27-14-20(25)22-12-11-16-13-23-19-6-4-3-5-18(16)19/h3-10,13,23H,11-12,14H2,1-2H3,(H,22,25). The van der Waals surface area contributed by atoms with Gasteiger partial charge in [-0.15, -0.1) is 0 Å². The molecule has 0 saturated carbocycles. The smallest absolute Gasteiger partial charge is 0.338 e. The molecule has 140 valence electrons. The molecule has 27 heavy (non-hydrogen) atoms. The molecule has 0 fully saturated rings. The maximum atomic E-state index is 12.0. The van der Waals surface area contributed by atoms with Crippen molar-refractivity contribution in [1.29, 1.82) is 0 Å². The van der Waals surface area contributed by atoms with Crippen LogP contribution in [0.25, 0.3) is 10.9 Å². The van der Waals surface area contributed by atoms with Crippen molar-refractivity contribution in [2.24, 2.45) is 0 Å². The largest absolute Gasteiger partial charge is 0.452 e. The highest BCUT2D eigenvalue weighted by Gasteiger charge is 2.11. The monoisotopic (exact) mass is 365 g/mol. The maximum absolute atomic E-state index is 12.0. The van der Waals surface area contributed by atoms with Crippen LogP contribution in [0.5, 0.6) is 0 Å². The van der Waals surface area contributed by atoms with Crippen LogP contribution in [0.4, 0.5) is 5.69 Å². The molecule has 0 aliphatic heterocycles. The summed E-state index contributed by atoms with van der Waals surface area (Å²) in [5.74, 6) is -0.819. The zero-order chi connectivity index (χ0) is 19.2. The molecule has 2 aromatic carbocycles. The van der Waals surface area contributed by atoms with Crippen LogP contribution in [-0.2, 0) is 16.0 Å². The van der Waals surface area contributed by atoms with Crippen molar-refractivity contribution in [1.82, 2.24) is 10.3 Å². The van der Waals surface area contributed by atoms with E-state index in [1.54, 1.807) is 12.1 Å². The molecule has 0 radical (unpaired) electrons. The predicted molar refractivity (Wildman–Crippen MR) is 106 cm³/mol. The number of benzene rings is 2. The van der Waals surface area contributed by atoms with Crippen LogP contribution in [0.2, 0.25) is 0 Å². The molecular weight excluding hydrogens is 342 g/mol. The highest BCUT2D eigenvalue weighted by molar-refractivity contribution is 5.91. The van der Waals surface area contributed by atoms with E-state index in [1.807, 2.05) is 61.6 Å². The van der Waals surface area contributed by atoms with Crippen molar-refractivity contribution in [2.45, 2.75) is 6.42 Å². The normalized spacial score (nSPS) is 10.6. The van der Waals surface area contributed by atoms with Crippen molar-refractivity contribution in [2.75, 3.05) is 32.1 Å². The molecule has 3 rings (SSSR count). The lowest BCUT2D eigenvalue weighted by molar-refractivity contribution is -0.124. The van der Waals surface area contributed by atoms with E-state index in [0.717, 1.165) is 22.2 Å². The van der Waals surface area contributed by atoms with Gasteiger partial charge in [-0.25, -0.2) is 4.79 Å². The summed E-state index contributed by atoms with van der Waals surface area (Å²) in [5.41, 5.74) is 3.63. The Bertz CT molecular complexity index is 929. The average Bonchev–Trinajstić information content (AvgIpc) is 3.09. The second-order valence-electron chi connectivity index (χ2n) is 6.48. The number of esters is 1. The molecule has 1 aromatic heterocycles. The second kappa shape index (κ2) is 8.40. The van der Waals surface area contributed by atoms with Gasteiger partial charge in [0.1, 0.15) is 0 Å². The molecule has 0 atom stereocenters. The van der Waals surface area contributed by atoms with E-state index in [4.69, 9.17) is 4.74 Å². The number of anilines is 1. The van der Waals surface area contributed by atoms with Crippen LogP contribution in [-0.4, -0.2) is 44.1 Å². The van der Waals surface area contributed by atoms with Crippen LogP contribution >= 0.6 is 0 Å². The Balaban J connectivity index is 1.43. The van der Waals surface area contributed by atoms with Crippen LogP contribution in [0.15, 0.2) is 54.7 Å². The van der Waals surface area contributed by atoms with Crippen molar-refractivity contribution >= 4 is 28.5 Å². The molecule has 0 spiro atoms. The average molecular weight is 365 g/mol. The summed E-state index contributed by atoms with van der Waals surface area (Å²) in [6, 6.07) is 15.1. The van der Waals surface area contributed by atoms with Crippen molar-refractivity contribution in [3.05, 3.63) is 65.9 Å². The SMILES string of the molecule is CN(C)c1ccc(C(=O)OCC(=O)NCCc2c[nH]c3ccccc23)cc1. The van der Waals surface area contributed by atoms with Crippen LogP contribution in [0.3, 0.4) is 0 Å². The summed E-state index contributed by atoms with van der Waals surface area (Å²) in [4.78, 5) is 29.1. The summed E-state index contributed by atoms with van der Waals surface area (Å²) in [6.07, 6.45) is 2.66. The first-order valence-electron chi connectivity index (χ1n) is 8.81. The van der Waals surface area contributed by atoms with Gasteiger partial charge in [0, 0.05) is 43.4 Å². The number of amides is 1. The number of nitrogens with zero attached hydrogens (tertiary/aromatic N) is 1. The molecule has 1 heterocycles. The zero-order valence-corrected chi connectivity index (χ0v) is 15.5. The Labute approximate surface area is 158 Å². The Morgan fingerprint density at radius 2 is 1.81 bits per heavy atom. The molecule has 1 amide bonds. The van der Waals surface area contributed by atoms with E-state index in [1.165, 1.54) is 0 Å². The van der Waals surface area contributed by atoms with E-state index in [0.29, 0.717) is 18.5 Å². The van der Waals surface area contributed by atoms with Gasteiger partial charge in [-0.3, -0.25) is 4.79 Å². The Morgan fingerprint density at radius 1 is 1.07 bits per heavy atom. The van der Waals surface area contributed by atoms with Gasteiger partial charge in [0.05, 0.1) is 5.56 Å². The molecule has 6 nitrogen and oxygen atoms in total. The molecule has 0 aliphatic rings. The fourth-order valence-corrected chi connectivity index (χ4v) is 2.84. The lowest BCUT2D eigenvalue weighted by Crippen LogP contribution is -2.30. The topological polar surface area (TPSA) is 74.4 Å². The summed E-state index contributed by atoms with van der Waals surface area (Å²) in [6.45, 7) is 0.192. The Hall–Kier alpha value is -3.28. The summed E-state index contributed by atoms with van der Waals surface area (Å²) >= 11 is 0. The third kappa shape index (κ3) is 4.67. The van der Waals surface area contributed by atoms with E-state index >= 15 is 0 Å². The number of carbonyl (C=O) groups is 2. The minimum Gasteiger partial charge on any atom is -0.452 e. The predicted octanol–water partition coefficient (Wildman–Crippen LogP) is 2.75. The Morgan fingerprint density at radius 3 is 2.56 bits per heavy atom. The minimum absolute atomic E-state index is 0.290. The quantitative estimate of drug-likeness (QED) is 0.632. The second-order valence-corrected chi connectivity index (χ2v) is 6.48. The number of nitrogens with one attached hydrogen (secondary N) is 2. The number of hydrogen-bond donors (Lipinski definition) is 2. The summed E-state index contributed by atoms with van der Waals surface area (Å²) in [7, 11) is 3.85. The highest BCUT2D eigenvalue weighted by atomic mass is 16.5. The van der Waals surface area contributed by atoms with E-state index in [2.05, 4.69) is 10.3 Å². The fourth-order valence-electron chi connectivity index (χ4n) is 2.84. The lowest BCUT2D eigenvalue weighted by Gasteiger charge is -2.12. The number of ether oxygens (including phenoxy) is 1. The van der Waals surface area contributed by atoms with E-state index < -0.39 is 5.97 Å². The molecule has 0 aliphatic carbocycles. The van der Waals surface area contributed by atoms with Crippen molar-refractivity contribution < 1.29 is 14.3 Å². The van der Waals surface area contributed by atoms with Gasteiger partial charge >= 0.3 is 5.97 Å². The minimum atomic E-state index is -0.507. The van der Waals surface area contributed by atoms with E-state index in [9.17, 15) is 9.59 Å². The number of hydrogen-bond acceptors (Lipinski definition) is 4. The molecule has 0 saturated heterocycles. The van der Waals surface area contributed by atoms with Crippen LogP contribution in [0.1, 0.15) is 15.9 Å². The van der Waals surface area contributed by atoms with Crippen molar-refractivity contribution in [3.63, 3.8) is 0 Å². The third-order valence-corrected chi connectivity index (χ3v) is 4.35. The zero-order valence-electron chi connectivity index (χ0n) is 15.5. The van der Waals surface area contributed by atoms with Gasteiger partial charge in [-0.1, -0.05) is 18.2 Å². The first-order valence-corrected chi connectivity index (χ1v) is 8.81. The van der Waals surface area contributed by atoms with Gasteiger partial charge in [0.2, 0.25) is 0 Å². The molecule has 0 unspecified atom stereocenters. The van der Waals surface area contributed by atoms with Crippen LogP contribution in [0, 0.1) is 0 Å². The van der Waals surface area contributed by atoms with Gasteiger partial charge in [-0.2, -0.15) is 0 Å². The van der Waals surface area contributed by atoms with Gasteiger partial charge in [-0.05, 0) is 42.3 Å². The van der Waals surface area contributed by atoms with E-state index in [-0.39, 0.29) is 12.5 Å². The third-order valence-electron chi connectivity index (χ3n) is 4.35. The number of H-pyrrole nitrogens is 1. The van der Waals surface area contributed by atoms with Gasteiger partial charge < -0.3 is 19.9 Å². The number of fused-ring (bicyclic) bond motifs is 1. The summed E-state index contributed by atoms with van der Waals surface area (Å²) in [5, 5.41) is 3.93. The number of para-hydroxylation sites is 1. The number of aromatic amines is 1. The first kappa shape index (κ1) is 18.5. The Kier molecular flexibility index (Phi) is 5.76. The van der Waals surface area contributed by atoms with Crippen LogP contribution < -0.4 is 10.2 Å². The van der Waals surface area contributed by atoms with Crippen molar-refractivity contribution in [3.8, 4) is 0 Å². The maximum Gasteiger partial charge on any atom is 0.338 e. The molecule has 6 heteroatoms. The number of rotatable bonds is 7. The highest BCUT2D eigenvalue weighted by Crippen LogP contribution is 2.17. The van der Waals surface area contributed by atoms with Gasteiger partial charge in [0.15, 0.2) is 6.61 Å². The number of carbonyl (C=O) groups excluding carboxylic acids is 2. The fraction of sp³-hybridized carbons (Fsp3) is 0.238. The molecule has 3 aromatic rings. The molecule has 0 bridgehead atoms. The number of aromatic nitrogens is 1. The molecule has 2 N–H and O–H groups in total.